The molecule has 2 bridgehead atoms. The van der Waals surface area contributed by atoms with Crippen molar-refractivity contribution in [1.29, 1.82) is 0 Å². The molecule has 1 aromatic carbocycles. The molecular formula is C30H37N5O2. The van der Waals surface area contributed by atoms with Crippen LogP contribution in [-0.2, 0) is 9.59 Å². The molecule has 7 heteroatoms. The first-order chi connectivity index (χ1) is 18.1. The van der Waals surface area contributed by atoms with Crippen molar-refractivity contribution in [2.45, 2.75) is 71.1 Å². The van der Waals surface area contributed by atoms with Gasteiger partial charge in [0.05, 0.1) is 17.2 Å². The number of pyridine rings is 1. The third kappa shape index (κ3) is 5.13. The second-order valence-electron chi connectivity index (χ2n) is 11.5. The highest BCUT2D eigenvalue weighted by molar-refractivity contribution is 5.94. The molecule has 2 amide bonds. The number of H-pyrrole nitrogens is 1. The van der Waals surface area contributed by atoms with Crippen LogP contribution in [0.4, 0.5) is 11.5 Å². The van der Waals surface area contributed by atoms with E-state index in [-0.39, 0.29) is 23.7 Å². The van der Waals surface area contributed by atoms with E-state index in [4.69, 9.17) is 4.98 Å². The standard InChI is InChI=1S/C30H37N5O2/c1-2-3-18-4-7-21(8-5-18)29(36)32-23-12-10-20(11-13-23)28-33-25-16-27(31-17-26(25)34-28)35-30(37)24-15-19-6-9-22(24)14-19/h10-13,16-19,21-22,24H,2-9,14-15H2,1H3,(H,32,36)(H,33,34)(H,31,35,37). The van der Waals surface area contributed by atoms with E-state index >= 15 is 0 Å². The quantitative estimate of drug-likeness (QED) is 0.343. The van der Waals surface area contributed by atoms with Crippen LogP contribution in [0.1, 0.15) is 71.1 Å². The summed E-state index contributed by atoms with van der Waals surface area (Å²) >= 11 is 0. The Morgan fingerprint density at radius 3 is 2.49 bits per heavy atom. The second kappa shape index (κ2) is 10.3. The highest BCUT2D eigenvalue weighted by Crippen LogP contribution is 2.48. The van der Waals surface area contributed by atoms with Crippen molar-refractivity contribution in [3.8, 4) is 11.4 Å². The van der Waals surface area contributed by atoms with E-state index in [0.717, 1.165) is 59.2 Å². The Balaban J connectivity index is 1.08. The molecule has 2 aromatic heterocycles. The maximum atomic E-state index is 12.8. The zero-order chi connectivity index (χ0) is 25.4. The van der Waals surface area contributed by atoms with Gasteiger partial charge < -0.3 is 15.6 Å². The minimum atomic E-state index is 0.0986. The number of hydrogen-bond acceptors (Lipinski definition) is 4. The summed E-state index contributed by atoms with van der Waals surface area (Å²) in [5.74, 6) is 3.84. The molecule has 0 saturated heterocycles. The van der Waals surface area contributed by atoms with E-state index < -0.39 is 0 Å². The van der Waals surface area contributed by atoms with E-state index in [0.29, 0.717) is 11.7 Å². The Labute approximate surface area is 218 Å². The predicted molar refractivity (Wildman–Crippen MR) is 146 cm³/mol. The van der Waals surface area contributed by atoms with E-state index in [1.165, 1.54) is 44.9 Å². The van der Waals surface area contributed by atoms with E-state index in [1.807, 2.05) is 30.3 Å². The number of nitrogens with one attached hydrogen (secondary N) is 3. The number of aromatic nitrogens is 3. The number of carbonyl (C=O) groups excluding carboxylic acids is 2. The lowest BCUT2D eigenvalue weighted by molar-refractivity contribution is -0.122. The van der Waals surface area contributed by atoms with Crippen molar-refractivity contribution in [3.05, 3.63) is 36.5 Å². The van der Waals surface area contributed by atoms with Crippen LogP contribution in [0.3, 0.4) is 0 Å². The molecule has 2 heterocycles. The van der Waals surface area contributed by atoms with Gasteiger partial charge in [-0.3, -0.25) is 9.59 Å². The molecule has 0 aliphatic heterocycles. The Hall–Kier alpha value is -3.22. The third-order valence-corrected chi connectivity index (χ3v) is 9.03. The zero-order valence-corrected chi connectivity index (χ0v) is 21.6. The fourth-order valence-electron chi connectivity index (χ4n) is 6.98. The first-order valence-electron chi connectivity index (χ1n) is 14.1. The SMILES string of the molecule is CCCC1CCC(C(=O)Nc2ccc(-c3nc4cc(NC(=O)C5CC6CCC5C6)ncc4[nH]3)cc2)CC1. The van der Waals surface area contributed by atoms with Crippen molar-refractivity contribution >= 4 is 34.4 Å². The lowest BCUT2D eigenvalue weighted by Gasteiger charge is -2.27. The Bertz CT molecular complexity index is 1270. The molecule has 3 saturated carbocycles. The van der Waals surface area contributed by atoms with Crippen molar-refractivity contribution in [1.82, 2.24) is 15.0 Å². The molecule has 0 spiro atoms. The molecule has 3 aromatic rings. The average molecular weight is 500 g/mol. The normalized spacial score (nSPS) is 26.9. The van der Waals surface area contributed by atoms with Gasteiger partial charge in [0.1, 0.15) is 11.6 Å². The molecular weight excluding hydrogens is 462 g/mol. The highest BCUT2D eigenvalue weighted by Gasteiger charge is 2.43. The largest absolute Gasteiger partial charge is 0.337 e. The fraction of sp³-hybridized carbons (Fsp3) is 0.533. The number of aromatic amines is 1. The Morgan fingerprint density at radius 2 is 1.78 bits per heavy atom. The summed E-state index contributed by atoms with van der Waals surface area (Å²) in [6.07, 6.45) is 13.2. The number of imidazole rings is 1. The molecule has 3 fully saturated rings. The number of nitrogens with zero attached hydrogens (tertiary/aromatic N) is 2. The fourth-order valence-corrected chi connectivity index (χ4v) is 6.98. The first-order valence-corrected chi connectivity index (χ1v) is 14.1. The van der Waals surface area contributed by atoms with Crippen LogP contribution >= 0.6 is 0 Å². The van der Waals surface area contributed by atoms with Crippen LogP contribution in [-0.4, -0.2) is 26.8 Å². The molecule has 3 unspecified atom stereocenters. The van der Waals surface area contributed by atoms with E-state index in [9.17, 15) is 9.59 Å². The molecule has 3 atom stereocenters. The summed E-state index contributed by atoms with van der Waals surface area (Å²) in [6.45, 7) is 2.24. The van der Waals surface area contributed by atoms with Gasteiger partial charge in [0, 0.05) is 29.2 Å². The minimum Gasteiger partial charge on any atom is -0.337 e. The van der Waals surface area contributed by atoms with Crippen molar-refractivity contribution in [3.63, 3.8) is 0 Å². The molecule has 3 aliphatic rings. The number of carbonyl (C=O) groups is 2. The van der Waals surface area contributed by atoms with Gasteiger partial charge in [-0.2, -0.15) is 0 Å². The Morgan fingerprint density at radius 1 is 0.973 bits per heavy atom. The van der Waals surface area contributed by atoms with Gasteiger partial charge in [0.15, 0.2) is 0 Å². The molecule has 37 heavy (non-hydrogen) atoms. The Kier molecular flexibility index (Phi) is 6.70. The van der Waals surface area contributed by atoms with Gasteiger partial charge >= 0.3 is 0 Å². The van der Waals surface area contributed by atoms with Gasteiger partial charge in [-0.05, 0) is 87.0 Å². The number of rotatable bonds is 7. The summed E-state index contributed by atoms with van der Waals surface area (Å²) in [6, 6.07) is 9.64. The topological polar surface area (TPSA) is 99.8 Å². The van der Waals surface area contributed by atoms with Crippen molar-refractivity contribution < 1.29 is 9.59 Å². The second-order valence-corrected chi connectivity index (χ2v) is 11.5. The highest BCUT2D eigenvalue weighted by atomic mass is 16.2. The van der Waals surface area contributed by atoms with Gasteiger partial charge in [0.25, 0.3) is 0 Å². The van der Waals surface area contributed by atoms with Gasteiger partial charge in [-0.1, -0.05) is 26.2 Å². The number of fused-ring (bicyclic) bond motifs is 3. The maximum Gasteiger partial charge on any atom is 0.228 e. The van der Waals surface area contributed by atoms with Crippen LogP contribution in [0.5, 0.6) is 0 Å². The maximum absolute atomic E-state index is 12.8. The van der Waals surface area contributed by atoms with Crippen LogP contribution in [0.25, 0.3) is 22.4 Å². The summed E-state index contributed by atoms with van der Waals surface area (Å²) in [5.41, 5.74) is 3.34. The third-order valence-electron chi connectivity index (χ3n) is 9.03. The monoisotopic (exact) mass is 499 g/mol. The number of hydrogen-bond donors (Lipinski definition) is 3. The number of amides is 2. The van der Waals surface area contributed by atoms with Crippen molar-refractivity contribution in [2.75, 3.05) is 10.6 Å². The van der Waals surface area contributed by atoms with Crippen LogP contribution in [0.15, 0.2) is 36.5 Å². The smallest absolute Gasteiger partial charge is 0.228 e. The molecule has 194 valence electrons. The lowest BCUT2D eigenvalue weighted by Crippen LogP contribution is -2.27. The summed E-state index contributed by atoms with van der Waals surface area (Å²) in [4.78, 5) is 38.1. The molecule has 3 aliphatic carbocycles. The van der Waals surface area contributed by atoms with Gasteiger partial charge in [-0.15, -0.1) is 0 Å². The zero-order valence-electron chi connectivity index (χ0n) is 21.6. The van der Waals surface area contributed by atoms with Gasteiger partial charge in [-0.25, -0.2) is 9.97 Å². The van der Waals surface area contributed by atoms with E-state index in [2.05, 4.69) is 27.5 Å². The molecule has 6 rings (SSSR count). The van der Waals surface area contributed by atoms with Crippen molar-refractivity contribution in [2.24, 2.45) is 29.6 Å². The molecule has 0 radical (unpaired) electrons. The molecule has 3 N–H and O–H groups in total. The van der Waals surface area contributed by atoms with Crippen LogP contribution < -0.4 is 10.6 Å². The van der Waals surface area contributed by atoms with Crippen LogP contribution in [0.2, 0.25) is 0 Å². The summed E-state index contributed by atoms with van der Waals surface area (Å²) in [7, 11) is 0. The molecule has 7 nitrogen and oxygen atoms in total. The number of benzene rings is 1. The summed E-state index contributed by atoms with van der Waals surface area (Å²) < 4.78 is 0. The van der Waals surface area contributed by atoms with Gasteiger partial charge in [0.2, 0.25) is 11.8 Å². The summed E-state index contributed by atoms with van der Waals surface area (Å²) in [5, 5.41) is 6.13. The number of anilines is 2. The first kappa shape index (κ1) is 24.1. The average Bonchev–Trinajstić information content (AvgIpc) is 3.65. The lowest BCUT2D eigenvalue weighted by atomic mass is 9.80. The van der Waals surface area contributed by atoms with E-state index in [1.54, 1.807) is 6.20 Å². The minimum absolute atomic E-state index is 0.0986. The van der Waals surface area contributed by atoms with Crippen LogP contribution in [0, 0.1) is 29.6 Å². The predicted octanol–water partition coefficient (Wildman–Crippen LogP) is 6.54.